The third kappa shape index (κ3) is 4.60. The van der Waals surface area contributed by atoms with Gasteiger partial charge < -0.3 is 15.2 Å². The molecule has 1 aliphatic heterocycles. The van der Waals surface area contributed by atoms with E-state index >= 15 is 0 Å². The first-order chi connectivity index (χ1) is 6.33. The van der Waals surface area contributed by atoms with Gasteiger partial charge in [0, 0.05) is 19.8 Å². The summed E-state index contributed by atoms with van der Waals surface area (Å²) in [7, 11) is 0. The third-order valence-electron chi connectivity index (χ3n) is 2.49. The quantitative estimate of drug-likeness (QED) is 0.663. The molecule has 0 aromatic heterocycles. The van der Waals surface area contributed by atoms with Crippen molar-refractivity contribution in [2.45, 2.75) is 19.8 Å². The minimum Gasteiger partial charge on any atom is -0.396 e. The Balaban J connectivity index is 1.98. The van der Waals surface area contributed by atoms with Gasteiger partial charge in [0.15, 0.2) is 0 Å². The predicted octanol–water partition coefficient (Wildman–Crippen LogP) is 0.631. The molecule has 0 radical (unpaired) electrons. The van der Waals surface area contributed by atoms with Gasteiger partial charge in [0.1, 0.15) is 0 Å². The lowest BCUT2D eigenvalue weighted by Crippen LogP contribution is -2.32. The van der Waals surface area contributed by atoms with E-state index in [0.717, 1.165) is 26.3 Å². The number of nitrogens with one attached hydrogen (secondary N) is 1. The van der Waals surface area contributed by atoms with Crippen LogP contribution in [0, 0.1) is 11.8 Å². The van der Waals surface area contributed by atoms with Gasteiger partial charge >= 0.3 is 0 Å². The maximum atomic E-state index is 8.81. The van der Waals surface area contributed by atoms with Crippen molar-refractivity contribution in [3.05, 3.63) is 0 Å². The Hall–Kier alpha value is -0.120. The minimum atomic E-state index is 0.272. The van der Waals surface area contributed by atoms with Crippen molar-refractivity contribution in [1.29, 1.82) is 0 Å². The van der Waals surface area contributed by atoms with Gasteiger partial charge in [-0.2, -0.15) is 0 Å². The van der Waals surface area contributed by atoms with E-state index in [9.17, 15) is 0 Å². The molecule has 3 nitrogen and oxygen atoms in total. The van der Waals surface area contributed by atoms with Crippen LogP contribution in [0.15, 0.2) is 0 Å². The Morgan fingerprint density at radius 1 is 1.62 bits per heavy atom. The first-order valence-corrected chi connectivity index (χ1v) is 5.22. The molecule has 0 bridgehead atoms. The van der Waals surface area contributed by atoms with Gasteiger partial charge in [-0.15, -0.1) is 0 Å². The standard InChI is InChI=1S/C10H21NO2/c1-9(7-12)5-11-6-10-3-2-4-13-8-10/h9-12H,2-8H2,1H3. The van der Waals surface area contributed by atoms with Gasteiger partial charge in [-0.1, -0.05) is 6.92 Å². The highest BCUT2D eigenvalue weighted by atomic mass is 16.5. The van der Waals surface area contributed by atoms with Crippen LogP contribution in [0.1, 0.15) is 19.8 Å². The Morgan fingerprint density at radius 2 is 2.46 bits per heavy atom. The van der Waals surface area contributed by atoms with E-state index in [-0.39, 0.29) is 6.61 Å². The maximum Gasteiger partial charge on any atom is 0.0506 e. The van der Waals surface area contributed by atoms with Crippen molar-refractivity contribution in [2.24, 2.45) is 11.8 Å². The van der Waals surface area contributed by atoms with Crippen LogP contribution in [0.2, 0.25) is 0 Å². The summed E-state index contributed by atoms with van der Waals surface area (Å²) < 4.78 is 5.38. The van der Waals surface area contributed by atoms with Gasteiger partial charge in [-0.05, 0) is 31.2 Å². The number of hydrogen-bond acceptors (Lipinski definition) is 3. The summed E-state index contributed by atoms with van der Waals surface area (Å²) in [5.74, 6) is 1.05. The molecule has 2 N–H and O–H groups in total. The van der Waals surface area contributed by atoms with Crippen molar-refractivity contribution in [2.75, 3.05) is 32.9 Å². The lowest BCUT2D eigenvalue weighted by atomic mass is 10.0. The lowest BCUT2D eigenvalue weighted by molar-refractivity contribution is 0.0543. The molecule has 0 aromatic carbocycles. The SMILES string of the molecule is CC(CO)CNCC1CCCOC1. The van der Waals surface area contributed by atoms with E-state index in [0.29, 0.717) is 11.8 Å². The monoisotopic (exact) mass is 187 g/mol. The topological polar surface area (TPSA) is 41.5 Å². The van der Waals surface area contributed by atoms with Gasteiger partial charge in [0.2, 0.25) is 0 Å². The molecular formula is C10H21NO2. The smallest absolute Gasteiger partial charge is 0.0506 e. The molecule has 1 saturated heterocycles. The molecule has 0 spiro atoms. The van der Waals surface area contributed by atoms with Gasteiger partial charge in [-0.25, -0.2) is 0 Å². The number of aliphatic hydroxyl groups is 1. The second-order valence-electron chi connectivity index (χ2n) is 4.03. The molecule has 1 rings (SSSR count). The van der Waals surface area contributed by atoms with Crippen LogP contribution in [0.5, 0.6) is 0 Å². The zero-order chi connectivity index (χ0) is 9.52. The minimum absolute atomic E-state index is 0.272. The highest BCUT2D eigenvalue weighted by Gasteiger charge is 2.13. The van der Waals surface area contributed by atoms with Crippen molar-refractivity contribution < 1.29 is 9.84 Å². The van der Waals surface area contributed by atoms with E-state index in [1.165, 1.54) is 12.8 Å². The fourth-order valence-electron chi connectivity index (χ4n) is 1.57. The van der Waals surface area contributed by atoms with Crippen LogP contribution < -0.4 is 5.32 Å². The van der Waals surface area contributed by atoms with Crippen molar-refractivity contribution in [3.8, 4) is 0 Å². The van der Waals surface area contributed by atoms with Crippen molar-refractivity contribution in [3.63, 3.8) is 0 Å². The number of rotatable bonds is 5. The van der Waals surface area contributed by atoms with Crippen molar-refractivity contribution in [1.82, 2.24) is 5.32 Å². The highest BCUT2D eigenvalue weighted by Crippen LogP contribution is 2.12. The molecule has 2 atom stereocenters. The van der Waals surface area contributed by atoms with E-state index < -0.39 is 0 Å². The normalized spacial score (nSPS) is 25.8. The lowest BCUT2D eigenvalue weighted by Gasteiger charge is -2.22. The van der Waals surface area contributed by atoms with Crippen LogP contribution >= 0.6 is 0 Å². The highest BCUT2D eigenvalue weighted by molar-refractivity contribution is 4.66. The Morgan fingerprint density at radius 3 is 3.08 bits per heavy atom. The molecular weight excluding hydrogens is 166 g/mol. The molecule has 0 aromatic rings. The first-order valence-electron chi connectivity index (χ1n) is 5.22. The number of ether oxygens (including phenoxy) is 1. The Bertz CT molecular complexity index is 124. The molecule has 1 aliphatic rings. The van der Waals surface area contributed by atoms with Gasteiger partial charge in [0.05, 0.1) is 6.61 Å². The molecule has 1 heterocycles. The third-order valence-corrected chi connectivity index (χ3v) is 2.49. The summed E-state index contributed by atoms with van der Waals surface area (Å²) in [5, 5.41) is 12.2. The molecule has 3 heteroatoms. The second-order valence-corrected chi connectivity index (χ2v) is 4.03. The van der Waals surface area contributed by atoms with E-state index in [2.05, 4.69) is 5.32 Å². The molecule has 13 heavy (non-hydrogen) atoms. The molecule has 0 aliphatic carbocycles. The largest absolute Gasteiger partial charge is 0.396 e. The van der Waals surface area contributed by atoms with E-state index in [1.807, 2.05) is 6.92 Å². The average Bonchev–Trinajstić information content (AvgIpc) is 2.19. The molecule has 78 valence electrons. The average molecular weight is 187 g/mol. The van der Waals surface area contributed by atoms with Crippen LogP contribution in [0.4, 0.5) is 0 Å². The molecule has 0 amide bonds. The summed E-state index contributed by atoms with van der Waals surface area (Å²) in [6.45, 7) is 6.10. The van der Waals surface area contributed by atoms with E-state index in [1.54, 1.807) is 0 Å². The van der Waals surface area contributed by atoms with Gasteiger partial charge in [-0.3, -0.25) is 0 Å². The first kappa shape index (κ1) is 11.0. The number of aliphatic hydroxyl groups excluding tert-OH is 1. The summed E-state index contributed by atoms with van der Waals surface area (Å²) in [4.78, 5) is 0. The Labute approximate surface area is 80.5 Å². The van der Waals surface area contributed by atoms with E-state index in [4.69, 9.17) is 9.84 Å². The summed E-state index contributed by atoms with van der Waals surface area (Å²) in [5.41, 5.74) is 0. The Kier molecular flexibility index (Phi) is 5.35. The van der Waals surface area contributed by atoms with Crippen LogP contribution in [0.3, 0.4) is 0 Å². The maximum absolute atomic E-state index is 8.81. The summed E-state index contributed by atoms with van der Waals surface area (Å²) >= 11 is 0. The van der Waals surface area contributed by atoms with Crippen LogP contribution in [-0.4, -0.2) is 38.0 Å². The zero-order valence-electron chi connectivity index (χ0n) is 8.46. The van der Waals surface area contributed by atoms with Crippen LogP contribution in [-0.2, 0) is 4.74 Å². The van der Waals surface area contributed by atoms with Crippen molar-refractivity contribution >= 4 is 0 Å². The zero-order valence-corrected chi connectivity index (χ0v) is 8.46. The van der Waals surface area contributed by atoms with Crippen LogP contribution in [0.25, 0.3) is 0 Å². The molecule has 0 saturated carbocycles. The number of hydrogen-bond donors (Lipinski definition) is 2. The molecule has 1 fully saturated rings. The summed E-state index contributed by atoms with van der Waals surface area (Å²) in [6, 6.07) is 0. The molecule has 2 unspecified atom stereocenters. The second kappa shape index (κ2) is 6.35. The summed E-state index contributed by atoms with van der Waals surface area (Å²) in [6.07, 6.45) is 2.47. The van der Waals surface area contributed by atoms with Gasteiger partial charge in [0.25, 0.3) is 0 Å². The predicted molar refractivity (Wildman–Crippen MR) is 52.7 cm³/mol. The fraction of sp³-hybridized carbons (Fsp3) is 1.00. The fourth-order valence-corrected chi connectivity index (χ4v) is 1.57.